The van der Waals surface area contributed by atoms with Crippen LogP contribution in [0.4, 0.5) is 18.0 Å². The molecule has 0 bridgehead atoms. The van der Waals surface area contributed by atoms with E-state index in [1.165, 1.54) is 13.8 Å². The molecule has 0 fully saturated rings. The lowest BCUT2D eigenvalue weighted by Crippen LogP contribution is -2.35. The summed E-state index contributed by atoms with van der Waals surface area (Å²) in [6.07, 6.45) is -5.72. The first-order chi connectivity index (χ1) is 6.66. The largest absolute Gasteiger partial charge is 0.440 e. The maximum Gasteiger partial charge on any atom is 0.422 e. The van der Waals surface area contributed by atoms with Crippen LogP contribution < -0.4 is 5.32 Å². The van der Waals surface area contributed by atoms with Crippen molar-refractivity contribution in [1.82, 2.24) is 5.32 Å². The number of carbonyl (C=O) groups is 1. The molecule has 1 N–H and O–H groups in total. The van der Waals surface area contributed by atoms with E-state index in [0.29, 0.717) is 0 Å². The van der Waals surface area contributed by atoms with Crippen molar-refractivity contribution in [2.45, 2.75) is 20.0 Å². The molecule has 0 atom stereocenters. The second kappa shape index (κ2) is 4.87. The van der Waals surface area contributed by atoms with Crippen LogP contribution in [0.2, 0.25) is 0 Å². The number of nitrogens with one attached hydrogen (secondary N) is 1. The van der Waals surface area contributed by atoms with Gasteiger partial charge in [-0.3, -0.25) is 0 Å². The van der Waals surface area contributed by atoms with E-state index in [1.54, 1.807) is 0 Å². The third kappa shape index (κ3) is 7.61. The Morgan fingerprint density at radius 3 is 2.40 bits per heavy atom. The highest BCUT2D eigenvalue weighted by molar-refractivity contribution is 5.67. The summed E-state index contributed by atoms with van der Waals surface area (Å²) in [5, 5.41) is 10.6. The van der Waals surface area contributed by atoms with Crippen LogP contribution in [0.1, 0.15) is 13.8 Å². The Bertz CT molecular complexity index is 268. The normalized spacial score (nSPS) is 11.7. The molecule has 7 heteroatoms. The van der Waals surface area contributed by atoms with Gasteiger partial charge >= 0.3 is 12.3 Å². The van der Waals surface area contributed by atoms with Gasteiger partial charge in [-0.15, -0.1) is 0 Å². The molecule has 0 spiro atoms. The Morgan fingerprint density at radius 2 is 2.00 bits per heavy atom. The molecule has 0 aromatic rings. The molecule has 86 valence electrons. The summed E-state index contributed by atoms with van der Waals surface area (Å²) < 4.78 is 38.7. The van der Waals surface area contributed by atoms with E-state index in [-0.39, 0.29) is 6.54 Å². The number of halogens is 3. The first-order valence-corrected chi connectivity index (χ1v) is 4.05. The van der Waals surface area contributed by atoms with E-state index in [0.717, 1.165) is 0 Å². The molecule has 0 heterocycles. The zero-order chi connectivity index (χ0) is 12.1. The van der Waals surface area contributed by atoms with Gasteiger partial charge in [0.05, 0.1) is 11.5 Å². The van der Waals surface area contributed by atoms with Gasteiger partial charge in [0.15, 0.2) is 6.61 Å². The molecule has 0 saturated heterocycles. The smallest absolute Gasteiger partial charge is 0.422 e. The predicted octanol–water partition coefficient (Wildman–Crippen LogP) is 1.82. The minimum Gasteiger partial charge on any atom is -0.440 e. The van der Waals surface area contributed by atoms with E-state index in [2.05, 4.69) is 10.1 Å². The van der Waals surface area contributed by atoms with Crippen LogP contribution in [0.15, 0.2) is 0 Å². The Kier molecular flexibility index (Phi) is 4.40. The van der Waals surface area contributed by atoms with Crippen molar-refractivity contribution in [3.05, 3.63) is 0 Å². The van der Waals surface area contributed by atoms with Gasteiger partial charge in [0.25, 0.3) is 0 Å². The Labute approximate surface area is 85.0 Å². The maximum absolute atomic E-state index is 11.6. The number of rotatable bonds is 3. The highest BCUT2D eigenvalue weighted by Crippen LogP contribution is 2.14. The summed E-state index contributed by atoms with van der Waals surface area (Å²) in [7, 11) is 0. The number of hydrogen-bond acceptors (Lipinski definition) is 3. The SMILES string of the molecule is CC(C)(C#N)CNC(=O)OCC(F)(F)F. The van der Waals surface area contributed by atoms with Crippen LogP contribution in [-0.2, 0) is 4.74 Å². The lowest BCUT2D eigenvalue weighted by molar-refractivity contribution is -0.160. The molecule has 4 nitrogen and oxygen atoms in total. The van der Waals surface area contributed by atoms with Crippen LogP contribution in [0.3, 0.4) is 0 Å². The third-order valence-electron chi connectivity index (χ3n) is 1.34. The number of nitriles is 1. The summed E-state index contributed by atoms with van der Waals surface area (Å²) in [4.78, 5) is 10.7. The molecule has 0 aliphatic heterocycles. The standard InChI is InChI=1S/C8H11F3N2O2/c1-7(2,3-12)4-13-6(14)15-5-8(9,10)11/h4-5H2,1-2H3,(H,13,14). The summed E-state index contributed by atoms with van der Waals surface area (Å²) in [5.41, 5.74) is -0.836. The number of ether oxygens (including phenoxy) is 1. The predicted molar refractivity (Wildman–Crippen MR) is 44.8 cm³/mol. The lowest BCUT2D eigenvalue weighted by Gasteiger charge is -2.15. The molecule has 0 saturated carbocycles. The van der Waals surface area contributed by atoms with Gasteiger partial charge in [0.1, 0.15) is 0 Å². The molecule has 0 rings (SSSR count). The molecule has 0 unspecified atom stereocenters. The average Bonchev–Trinajstić information content (AvgIpc) is 2.10. The fraction of sp³-hybridized carbons (Fsp3) is 0.750. The number of alkyl halides is 3. The molecule has 0 aliphatic rings. The molecule has 1 amide bonds. The summed E-state index contributed by atoms with van der Waals surface area (Å²) in [6.45, 7) is 1.38. The Hall–Kier alpha value is -1.45. The van der Waals surface area contributed by atoms with Crippen molar-refractivity contribution in [2.24, 2.45) is 5.41 Å². The third-order valence-corrected chi connectivity index (χ3v) is 1.34. The van der Waals surface area contributed by atoms with Gasteiger partial charge in [0.2, 0.25) is 0 Å². The van der Waals surface area contributed by atoms with E-state index in [4.69, 9.17) is 5.26 Å². The number of nitrogens with zero attached hydrogens (tertiary/aromatic N) is 1. The molecule has 0 radical (unpaired) electrons. The van der Waals surface area contributed by atoms with E-state index in [1.807, 2.05) is 6.07 Å². The van der Waals surface area contributed by atoms with Gasteiger partial charge in [-0.1, -0.05) is 0 Å². The molecule has 0 aliphatic carbocycles. The zero-order valence-corrected chi connectivity index (χ0v) is 8.31. The van der Waals surface area contributed by atoms with Gasteiger partial charge in [-0.05, 0) is 13.8 Å². The van der Waals surface area contributed by atoms with Crippen molar-refractivity contribution in [2.75, 3.05) is 13.2 Å². The van der Waals surface area contributed by atoms with Gasteiger partial charge in [-0.25, -0.2) is 4.79 Å². The van der Waals surface area contributed by atoms with E-state index >= 15 is 0 Å². The molecule has 0 aromatic carbocycles. The maximum atomic E-state index is 11.6. The minimum atomic E-state index is -4.54. The molecular weight excluding hydrogens is 213 g/mol. The van der Waals surface area contributed by atoms with Gasteiger partial charge in [0, 0.05) is 6.54 Å². The van der Waals surface area contributed by atoms with Gasteiger partial charge in [-0.2, -0.15) is 18.4 Å². The first-order valence-electron chi connectivity index (χ1n) is 4.05. The fourth-order valence-electron chi connectivity index (χ4n) is 0.531. The number of alkyl carbamates (subject to hydrolysis) is 1. The van der Waals surface area contributed by atoms with Crippen LogP contribution in [-0.4, -0.2) is 25.4 Å². The highest BCUT2D eigenvalue weighted by Gasteiger charge is 2.29. The van der Waals surface area contributed by atoms with Crippen molar-refractivity contribution in [3.63, 3.8) is 0 Å². The average molecular weight is 224 g/mol. The lowest BCUT2D eigenvalue weighted by atomic mass is 9.96. The summed E-state index contributed by atoms with van der Waals surface area (Å²) in [5.74, 6) is 0. The summed E-state index contributed by atoms with van der Waals surface area (Å²) >= 11 is 0. The second-order valence-corrected chi connectivity index (χ2v) is 3.54. The van der Waals surface area contributed by atoms with Crippen LogP contribution in [0, 0.1) is 16.7 Å². The first kappa shape index (κ1) is 13.5. The van der Waals surface area contributed by atoms with E-state index in [9.17, 15) is 18.0 Å². The fourth-order valence-corrected chi connectivity index (χ4v) is 0.531. The van der Waals surface area contributed by atoms with Crippen LogP contribution in [0.25, 0.3) is 0 Å². The molecular formula is C8H11F3N2O2. The Balaban J connectivity index is 3.83. The minimum absolute atomic E-state index is 0.0693. The Morgan fingerprint density at radius 1 is 1.47 bits per heavy atom. The van der Waals surface area contributed by atoms with Crippen LogP contribution in [0.5, 0.6) is 0 Å². The van der Waals surface area contributed by atoms with Crippen molar-refractivity contribution < 1.29 is 22.7 Å². The van der Waals surface area contributed by atoms with Crippen molar-refractivity contribution >= 4 is 6.09 Å². The molecule has 15 heavy (non-hydrogen) atoms. The second-order valence-electron chi connectivity index (χ2n) is 3.54. The van der Waals surface area contributed by atoms with Crippen molar-refractivity contribution in [1.29, 1.82) is 5.26 Å². The van der Waals surface area contributed by atoms with Gasteiger partial charge < -0.3 is 10.1 Å². The number of hydrogen-bond donors (Lipinski definition) is 1. The number of carbonyl (C=O) groups excluding carboxylic acids is 1. The molecule has 0 aromatic heterocycles. The quantitative estimate of drug-likeness (QED) is 0.795. The van der Waals surface area contributed by atoms with Crippen LogP contribution >= 0.6 is 0 Å². The zero-order valence-electron chi connectivity index (χ0n) is 8.31. The summed E-state index contributed by atoms with van der Waals surface area (Å²) in [6, 6.07) is 1.88. The topological polar surface area (TPSA) is 62.1 Å². The van der Waals surface area contributed by atoms with E-state index < -0.39 is 24.3 Å². The monoisotopic (exact) mass is 224 g/mol. The number of amides is 1. The van der Waals surface area contributed by atoms with Crippen molar-refractivity contribution in [3.8, 4) is 6.07 Å². The highest BCUT2D eigenvalue weighted by atomic mass is 19.4.